The monoisotopic (exact) mass is 356 g/mol. The summed E-state index contributed by atoms with van der Waals surface area (Å²) in [6.07, 6.45) is 4.01. The van der Waals surface area contributed by atoms with Gasteiger partial charge in [-0.2, -0.15) is 0 Å². The van der Waals surface area contributed by atoms with Gasteiger partial charge in [0.1, 0.15) is 5.54 Å². The summed E-state index contributed by atoms with van der Waals surface area (Å²) < 4.78 is 0. The van der Waals surface area contributed by atoms with E-state index in [-0.39, 0.29) is 11.9 Å². The highest BCUT2D eigenvalue weighted by atomic mass is 16.2. The molecule has 0 spiro atoms. The van der Waals surface area contributed by atoms with Gasteiger partial charge in [-0.05, 0) is 44.2 Å². The van der Waals surface area contributed by atoms with Gasteiger partial charge in [-0.1, -0.05) is 50.6 Å². The first-order valence-electron chi connectivity index (χ1n) is 9.84. The van der Waals surface area contributed by atoms with Crippen LogP contribution in [0.1, 0.15) is 52.0 Å². The van der Waals surface area contributed by atoms with Gasteiger partial charge in [0, 0.05) is 13.1 Å². The third-order valence-corrected chi connectivity index (χ3v) is 5.44. The number of likely N-dealkylation sites (tertiary alicyclic amines) is 1. The topological polar surface area (TPSA) is 61.9 Å². The second-order valence-corrected chi connectivity index (χ2v) is 8.39. The first kappa shape index (κ1) is 18.9. The smallest absolute Gasteiger partial charge is 0.257 e. The lowest BCUT2D eigenvalue weighted by Crippen LogP contribution is -2.52. The van der Waals surface area contributed by atoms with E-state index in [1.54, 1.807) is 4.90 Å². The predicted octanol–water partition coefficient (Wildman–Crippen LogP) is 3.00. The summed E-state index contributed by atoms with van der Waals surface area (Å²) >= 11 is 0. The molecule has 1 fully saturated rings. The van der Waals surface area contributed by atoms with Crippen molar-refractivity contribution in [2.24, 2.45) is 16.6 Å². The Morgan fingerprint density at radius 1 is 1.27 bits per heavy atom. The lowest BCUT2D eigenvalue weighted by atomic mass is 9.90. The van der Waals surface area contributed by atoms with Crippen molar-refractivity contribution in [2.75, 3.05) is 13.1 Å². The Bertz CT molecular complexity index is 657. The first-order valence-corrected chi connectivity index (χ1v) is 9.84. The van der Waals surface area contributed by atoms with E-state index in [1.807, 2.05) is 13.0 Å². The molecule has 5 heteroatoms. The normalized spacial score (nSPS) is 27.7. The molecule has 0 aromatic heterocycles. The number of benzene rings is 1. The highest BCUT2D eigenvalue weighted by molar-refractivity contribution is 6.06. The van der Waals surface area contributed by atoms with Crippen molar-refractivity contribution in [1.29, 1.82) is 0 Å². The Balaban J connectivity index is 1.73. The van der Waals surface area contributed by atoms with E-state index in [9.17, 15) is 4.79 Å². The van der Waals surface area contributed by atoms with E-state index in [2.05, 4.69) is 48.0 Å². The van der Waals surface area contributed by atoms with Crippen molar-refractivity contribution in [3.05, 3.63) is 35.9 Å². The molecular formula is C21H32N4O. The molecule has 0 aliphatic carbocycles. The fraction of sp³-hybridized carbons (Fsp3) is 0.619. The molecule has 0 bridgehead atoms. The molecule has 1 amide bonds. The first-order chi connectivity index (χ1) is 12.4. The molecule has 1 aromatic rings. The van der Waals surface area contributed by atoms with Gasteiger partial charge in [0.25, 0.3) is 5.91 Å². The van der Waals surface area contributed by atoms with Crippen molar-refractivity contribution in [3.8, 4) is 0 Å². The number of guanidine groups is 1. The molecule has 2 N–H and O–H groups in total. The highest BCUT2D eigenvalue weighted by Crippen LogP contribution is 2.31. The minimum absolute atomic E-state index is 0.0789. The van der Waals surface area contributed by atoms with Gasteiger partial charge in [-0.15, -0.1) is 0 Å². The Kier molecular flexibility index (Phi) is 5.66. The van der Waals surface area contributed by atoms with Gasteiger partial charge in [0.05, 0.1) is 6.04 Å². The molecule has 2 atom stereocenters. The Morgan fingerprint density at radius 2 is 2.00 bits per heavy atom. The van der Waals surface area contributed by atoms with Gasteiger partial charge < -0.3 is 5.73 Å². The molecule has 3 rings (SSSR count). The van der Waals surface area contributed by atoms with Crippen LogP contribution in [0.3, 0.4) is 0 Å². The maximum absolute atomic E-state index is 13.2. The van der Waals surface area contributed by atoms with Crippen LogP contribution in [0.2, 0.25) is 0 Å². The van der Waals surface area contributed by atoms with Crippen LogP contribution in [-0.4, -0.2) is 46.3 Å². The average molecular weight is 357 g/mol. The van der Waals surface area contributed by atoms with E-state index in [0.717, 1.165) is 45.3 Å². The molecule has 5 nitrogen and oxygen atoms in total. The molecule has 2 aliphatic heterocycles. The van der Waals surface area contributed by atoms with E-state index in [1.165, 1.54) is 5.56 Å². The van der Waals surface area contributed by atoms with Crippen LogP contribution >= 0.6 is 0 Å². The number of amides is 1. The summed E-state index contributed by atoms with van der Waals surface area (Å²) in [5.74, 6) is 0.893. The maximum Gasteiger partial charge on any atom is 0.257 e. The number of nitrogens with zero attached hydrogens (tertiary/aromatic N) is 3. The van der Waals surface area contributed by atoms with Crippen molar-refractivity contribution in [1.82, 2.24) is 9.80 Å². The van der Waals surface area contributed by atoms with Crippen LogP contribution in [0.4, 0.5) is 0 Å². The Morgan fingerprint density at radius 3 is 2.69 bits per heavy atom. The van der Waals surface area contributed by atoms with E-state index >= 15 is 0 Å². The summed E-state index contributed by atoms with van der Waals surface area (Å²) in [7, 11) is 0. The second-order valence-electron chi connectivity index (χ2n) is 8.39. The van der Waals surface area contributed by atoms with Crippen LogP contribution in [-0.2, 0) is 11.3 Å². The molecule has 0 saturated carbocycles. The molecule has 1 saturated heterocycles. The van der Waals surface area contributed by atoms with Crippen molar-refractivity contribution in [3.63, 3.8) is 0 Å². The largest absolute Gasteiger partial charge is 0.369 e. The summed E-state index contributed by atoms with van der Waals surface area (Å²) in [5.41, 5.74) is 6.85. The van der Waals surface area contributed by atoms with Crippen LogP contribution in [0.15, 0.2) is 35.3 Å². The summed E-state index contributed by atoms with van der Waals surface area (Å²) in [6, 6.07) is 10.6. The van der Waals surface area contributed by atoms with Gasteiger partial charge >= 0.3 is 0 Å². The van der Waals surface area contributed by atoms with Crippen LogP contribution in [0, 0.1) is 5.92 Å². The minimum Gasteiger partial charge on any atom is -0.369 e. The van der Waals surface area contributed by atoms with E-state index in [0.29, 0.717) is 11.9 Å². The molecule has 2 heterocycles. The molecular weight excluding hydrogens is 324 g/mol. The zero-order valence-corrected chi connectivity index (χ0v) is 16.3. The van der Waals surface area contributed by atoms with Crippen molar-refractivity contribution >= 4 is 11.9 Å². The fourth-order valence-corrected chi connectivity index (χ4v) is 4.39. The molecule has 26 heavy (non-hydrogen) atoms. The second kappa shape index (κ2) is 7.78. The van der Waals surface area contributed by atoms with Gasteiger partial charge in [-0.3, -0.25) is 14.6 Å². The zero-order valence-electron chi connectivity index (χ0n) is 16.3. The van der Waals surface area contributed by atoms with Crippen LogP contribution in [0.5, 0.6) is 0 Å². The number of rotatable bonds is 5. The lowest BCUT2D eigenvalue weighted by Gasteiger charge is -2.32. The molecule has 142 valence electrons. The highest BCUT2D eigenvalue weighted by Gasteiger charge is 2.46. The van der Waals surface area contributed by atoms with E-state index < -0.39 is 5.54 Å². The minimum atomic E-state index is -0.700. The molecule has 0 radical (unpaired) electrons. The quantitative estimate of drug-likeness (QED) is 0.882. The van der Waals surface area contributed by atoms with Gasteiger partial charge in [0.15, 0.2) is 5.96 Å². The third kappa shape index (κ3) is 4.09. The molecule has 2 unspecified atom stereocenters. The molecule has 1 aromatic carbocycles. The third-order valence-electron chi connectivity index (χ3n) is 5.44. The fourth-order valence-electron chi connectivity index (χ4n) is 4.39. The van der Waals surface area contributed by atoms with Crippen molar-refractivity contribution < 1.29 is 4.79 Å². The Hall–Kier alpha value is -1.88. The summed E-state index contributed by atoms with van der Waals surface area (Å²) in [6.45, 7) is 9.02. The zero-order chi connectivity index (χ0) is 18.7. The average Bonchev–Trinajstić information content (AvgIpc) is 2.73. The van der Waals surface area contributed by atoms with Crippen LogP contribution in [0.25, 0.3) is 0 Å². The lowest BCUT2D eigenvalue weighted by molar-refractivity contribution is -0.133. The van der Waals surface area contributed by atoms with Gasteiger partial charge in [-0.25, -0.2) is 4.99 Å². The number of carbonyl (C=O) groups is 1. The number of carbonyl (C=O) groups excluding carboxylic acids is 1. The molecule has 2 aliphatic rings. The summed E-state index contributed by atoms with van der Waals surface area (Å²) in [5, 5.41) is 0. The number of hydrogen-bond donors (Lipinski definition) is 1. The van der Waals surface area contributed by atoms with Crippen LogP contribution < -0.4 is 5.73 Å². The maximum atomic E-state index is 13.2. The summed E-state index contributed by atoms with van der Waals surface area (Å²) in [4.78, 5) is 22.0. The number of hydrogen-bond acceptors (Lipinski definition) is 4. The number of nitrogens with two attached hydrogens (primary N) is 1. The standard InChI is InChI=1S/C21H32N4O/c1-16(2)13-21(3)19(26)25(20(22)23-21)18-11-7-8-12-24(15-18)14-17-9-5-4-6-10-17/h4-6,9-10,16,18H,7-8,11-15H2,1-3H3,(H2,22,23). The van der Waals surface area contributed by atoms with E-state index in [4.69, 9.17) is 5.73 Å². The predicted molar refractivity (Wildman–Crippen MR) is 106 cm³/mol. The van der Waals surface area contributed by atoms with Gasteiger partial charge in [0.2, 0.25) is 0 Å². The number of aliphatic imine (C=N–C) groups is 1. The Labute approximate surface area is 157 Å². The van der Waals surface area contributed by atoms with Crippen molar-refractivity contribution in [2.45, 2.75) is 64.6 Å². The SMILES string of the molecule is CC(C)CC1(C)N=C(N)N(C2CCCCN(Cc3ccccc3)C2)C1=O.